The van der Waals surface area contributed by atoms with Crippen LogP contribution in [0.1, 0.15) is 12.5 Å². The summed E-state index contributed by atoms with van der Waals surface area (Å²) < 4.78 is 4.87. The second-order valence-corrected chi connectivity index (χ2v) is 4.32. The molecule has 5 heteroatoms. The Morgan fingerprint density at radius 1 is 1.28 bits per heavy atom. The van der Waals surface area contributed by atoms with Gasteiger partial charge in [-0.05, 0) is 26.6 Å². The van der Waals surface area contributed by atoms with Crippen LogP contribution in [0, 0.1) is 0 Å². The fourth-order valence-corrected chi connectivity index (χ4v) is 1.63. The number of benzene rings is 1. The van der Waals surface area contributed by atoms with E-state index in [1.165, 1.54) is 7.11 Å². The molecule has 0 aliphatic carbocycles. The molecular weight excluding hydrogens is 296 g/mol. The molecule has 0 saturated carbocycles. The molecule has 0 heterocycles. The van der Waals surface area contributed by atoms with Gasteiger partial charge in [-0.1, -0.05) is 30.3 Å². The number of hydrogen-bond donors (Lipinski definition) is 1. The second kappa shape index (κ2) is 8.24. The number of hydrogen-bond acceptors (Lipinski definition) is 4. The first-order valence-corrected chi connectivity index (χ1v) is 5.30. The lowest BCUT2D eigenvalue weighted by Gasteiger charge is -2.33. The Morgan fingerprint density at radius 2 is 1.78 bits per heavy atom. The topological polar surface area (TPSA) is 64.5 Å². The zero-order valence-corrected chi connectivity index (χ0v) is 13.2. The number of carbonyl (C=O) groups excluding carboxylic acids is 1. The Bertz CT molecular complexity index is 357. The Labute approximate surface area is 120 Å². The predicted octanol–water partition coefficient (Wildman–Crippen LogP) is 2.46. The zero-order valence-electron chi connectivity index (χ0n) is 11.5. The van der Waals surface area contributed by atoms with Crippen LogP contribution >= 0.6 is 17.0 Å². The summed E-state index contributed by atoms with van der Waals surface area (Å²) in [6.45, 7) is 1.89. The minimum atomic E-state index is -0.615. The van der Waals surface area contributed by atoms with Crippen LogP contribution in [0.3, 0.4) is 0 Å². The van der Waals surface area contributed by atoms with Gasteiger partial charge in [0.15, 0.2) is 0 Å². The molecule has 0 aliphatic heterocycles. The number of likely N-dealkylation sites (N-methyl/N-ethyl adjacent to an activating group) is 1. The maximum Gasteiger partial charge on any atom is 0.326 e. The minimum absolute atomic E-state index is 0. The lowest BCUT2D eigenvalue weighted by atomic mass is 9.91. The standard InChI is InChI=1S/C13H19NO2.BrH.H3N/c1-13(14(2)3,12(15)16-4)10-11-8-6-5-7-9-11;;/h5-9H,10H2,1-4H3;1H;1H3. The molecule has 0 saturated heterocycles. The van der Waals surface area contributed by atoms with E-state index in [-0.39, 0.29) is 29.1 Å². The van der Waals surface area contributed by atoms with Crippen LogP contribution in [-0.2, 0) is 16.0 Å². The van der Waals surface area contributed by atoms with Gasteiger partial charge in [-0.2, -0.15) is 0 Å². The molecule has 1 rings (SSSR count). The molecule has 0 aromatic heterocycles. The van der Waals surface area contributed by atoms with E-state index < -0.39 is 5.54 Å². The van der Waals surface area contributed by atoms with Gasteiger partial charge < -0.3 is 10.9 Å². The van der Waals surface area contributed by atoms with Gasteiger partial charge >= 0.3 is 5.97 Å². The van der Waals surface area contributed by atoms with E-state index in [1.807, 2.05) is 56.3 Å². The fraction of sp³-hybridized carbons (Fsp3) is 0.462. The maximum absolute atomic E-state index is 11.8. The smallest absolute Gasteiger partial charge is 0.326 e. The molecule has 0 spiro atoms. The van der Waals surface area contributed by atoms with E-state index >= 15 is 0 Å². The van der Waals surface area contributed by atoms with Crippen molar-refractivity contribution in [2.24, 2.45) is 0 Å². The normalized spacial score (nSPS) is 12.9. The van der Waals surface area contributed by atoms with E-state index in [0.717, 1.165) is 5.56 Å². The van der Waals surface area contributed by atoms with Crippen molar-refractivity contribution in [1.29, 1.82) is 0 Å². The third kappa shape index (κ3) is 4.40. The molecule has 3 N–H and O–H groups in total. The summed E-state index contributed by atoms with van der Waals surface area (Å²) in [7, 11) is 5.20. The van der Waals surface area contributed by atoms with Crippen LogP contribution in [0.15, 0.2) is 30.3 Å². The Kier molecular flexibility index (Phi) is 8.89. The van der Waals surface area contributed by atoms with Crippen LogP contribution in [0.4, 0.5) is 0 Å². The molecule has 1 atom stereocenters. The Hall–Kier alpha value is -0.910. The lowest BCUT2D eigenvalue weighted by Crippen LogP contribution is -2.51. The number of methoxy groups -OCH3 is 1. The van der Waals surface area contributed by atoms with Crippen LogP contribution in [0.25, 0.3) is 0 Å². The summed E-state index contributed by atoms with van der Waals surface area (Å²) in [5.41, 5.74) is 0.514. The van der Waals surface area contributed by atoms with Crippen LogP contribution in [-0.4, -0.2) is 37.6 Å². The maximum atomic E-state index is 11.8. The highest BCUT2D eigenvalue weighted by molar-refractivity contribution is 8.93. The second-order valence-electron chi connectivity index (χ2n) is 4.32. The third-order valence-electron chi connectivity index (χ3n) is 3.00. The third-order valence-corrected chi connectivity index (χ3v) is 3.00. The summed E-state index contributed by atoms with van der Waals surface area (Å²) in [6, 6.07) is 9.95. The van der Waals surface area contributed by atoms with E-state index in [4.69, 9.17) is 4.74 Å². The number of carbonyl (C=O) groups is 1. The van der Waals surface area contributed by atoms with Crippen molar-refractivity contribution in [3.05, 3.63) is 35.9 Å². The summed E-state index contributed by atoms with van der Waals surface area (Å²) >= 11 is 0. The predicted molar refractivity (Wildman–Crippen MR) is 79.6 cm³/mol. The van der Waals surface area contributed by atoms with Gasteiger partial charge in [0.25, 0.3) is 0 Å². The highest BCUT2D eigenvalue weighted by atomic mass is 79.9. The van der Waals surface area contributed by atoms with E-state index in [9.17, 15) is 4.79 Å². The molecular formula is C13H23BrN2O2. The molecule has 18 heavy (non-hydrogen) atoms. The Morgan fingerprint density at radius 3 is 2.17 bits per heavy atom. The van der Waals surface area contributed by atoms with Gasteiger partial charge in [-0.25, -0.2) is 0 Å². The highest BCUT2D eigenvalue weighted by Gasteiger charge is 2.36. The molecule has 1 aromatic carbocycles. The number of esters is 1. The first-order valence-electron chi connectivity index (χ1n) is 5.30. The molecule has 0 fully saturated rings. The van der Waals surface area contributed by atoms with Crippen molar-refractivity contribution in [3.63, 3.8) is 0 Å². The highest BCUT2D eigenvalue weighted by Crippen LogP contribution is 2.19. The molecule has 0 aliphatic rings. The lowest BCUT2D eigenvalue weighted by molar-refractivity contribution is -0.152. The first-order chi connectivity index (χ1) is 7.50. The zero-order chi connectivity index (χ0) is 12.2. The van der Waals surface area contributed by atoms with Gasteiger partial charge in [0.2, 0.25) is 0 Å². The van der Waals surface area contributed by atoms with Crippen molar-refractivity contribution < 1.29 is 9.53 Å². The molecule has 0 amide bonds. The van der Waals surface area contributed by atoms with E-state index in [1.54, 1.807) is 0 Å². The van der Waals surface area contributed by atoms with Crippen molar-refractivity contribution in [2.45, 2.75) is 18.9 Å². The average Bonchev–Trinajstić information content (AvgIpc) is 2.28. The van der Waals surface area contributed by atoms with Crippen LogP contribution < -0.4 is 6.15 Å². The first kappa shape index (κ1) is 19.4. The molecule has 1 aromatic rings. The summed E-state index contributed by atoms with van der Waals surface area (Å²) in [5, 5.41) is 0. The Balaban J connectivity index is 0. The summed E-state index contributed by atoms with van der Waals surface area (Å²) in [4.78, 5) is 13.7. The van der Waals surface area contributed by atoms with Gasteiger partial charge in [-0.3, -0.25) is 9.69 Å². The fourth-order valence-electron chi connectivity index (χ4n) is 1.63. The molecule has 1 unspecified atom stereocenters. The number of rotatable bonds is 4. The SMILES string of the molecule is Br.COC(=O)C(C)(Cc1ccccc1)N(C)C.N. The average molecular weight is 319 g/mol. The minimum Gasteiger partial charge on any atom is -0.468 e. The monoisotopic (exact) mass is 318 g/mol. The molecule has 104 valence electrons. The number of ether oxygens (including phenoxy) is 1. The van der Waals surface area contributed by atoms with Crippen molar-refractivity contribution in [2.75, 3.05) is 21.2 Å². The van der Waals surface area contributed by atoms with Crippen molar-refractivity contribution in [3.8, 4) is 0 Å². The van der Waals surface area contributed by atoms with Crippen molar-refractivity contribution in [1.82, 2.24) is 11.1 Å². The van der Waals surface area contributed by atoms with Gasteiger partial charge in [0, 0.05) is 6.42 Å². The van der Waals surface area contributed by atoms with Crippen LogP contribution in [0.2, 0.25) is 0 Å². The van der Waals surface area contributed by atoms with Crippen molar-refractivity contribution >= 4 is 23.0 Å². The number of nitrogens with zero attached hydrogens (tertiary/aromatic N) is 1. The molecule has 0 radical (unpaired) electrons. The van der Waals surface area contributed by atoms with Gasteiger partial charge in [-0.15, -0.1) is 17.0 Å². The molecule has 4 nitrogen and oxygen atoms in total. The summed E-state index contributed by atoms with van der Waals surface area (Å²) in [6.07, 6.45) is 0.646. The quantitative estimate of drug-likeness (QED) is 0.866. The van der Waals surface area contributed by atoms with Gasteiger partial charge in [0.1, 0.15) is 5.54 Å². The molecule has 0 bridgehead atoms. The van der Waals surface area contributed by atoms with Crippen LogP contribution in [0.5, 0.6) is 0 Å². The van der Waals surface area contributed by atoms with Gasteiger partial charge in [0.05, 0.1) is 7.11 Å². The number of halogens is 1. The summed E-state index contributed by atoms with van der Waals surface area (Å²) in [5.74, 6) is -0.207. The van der Waals surface area contributed by atoms with E-state index in [2.05, 4.69) is 0 Å². The van der Waals surface area contributed by atoms with E-state index in [0.29, 0.717) is 6.42 Å². The largest absolute Gasteiger partial charge is 0.468 e.